The van der Waals surface area contributed by atoms with Gasteiger partial charge in [-0.1, -0.05) is 36.7 Å². The van der Waals surface area contributed by atoms with Gasteiger partial charge in [0.15, 0.2) is 5.25 Å². The molecule has 7 atom stereocenters. The van der Waals surface area contributed by atoms with Crippen molar-refractivity contribution in [2.45, 2.75) is 81.6 Å². The molecule has 2 bridgehead atoms. The van der Waals surface area contributed by atoms with Crippen molar-refractivity contribution in [3.63, 3.8) is 0 Å². The van der Waals surface area contributed by atoms with E-state index in [0.717, 1.165) is 94.4 Å². The first-order valence-corrected chi connectivity index (χ1v) is 21.3. The van der Waals surface area contributed by atoms with Gasteiger partial charge in [0.2, 0.25) is 0 Å². The number of allylic oxidation sites excluding steroid dienone is 1. The molecule has 7 rings (SSSR count). The number of fused-ring (bicyclic) bond motifs is 4. The van der Waals surface area contributed by atoms with E-state index in [-0.39, 0.29) is 29.1 Å². The fourth-order valence-corrected chi connectivity index (χ4v) is 11.2. The van der Waals surface area contributed by atoms with Crippen LogP contribution in [0.4, 0.5) is 5.69 Å². The number of anilines is 1. The van der Waals surface area contributed by atoms with Crippen LogP contribution in [0.3, 0.4) is 0 Å². The Morgan fingerprint density at radius 1 is 1.11 bits per heavy atom. The summed E-state index contributed by atoms with van der Waals surface area (Å²) in [6.07, 6.45) is 10.6. The predicted octanol–water partition coefficient (Wildman–Crippen LogP) is 6.26. The molecule has 1 saturated carbocycles. The van der Waals surface area contributed by atoms with Crippen LogP contribution in [0.1, 0.15) is 74.4 Å². The zero-order valence-corrected chi connectivity index (χ0v) is 33.9. The lowest BCUT2D eigenvalue weighted by molar-refractivity contribution is -0.0961. The molecule has 2 fully saturated rings. The molecule has 3 unspecified atom stereocenters. The SMILES string of the molecule is COCC1[C@@H](C)C/C=C/[C@](CN2CCN(C(C)C)CC2)(OC)C2CC[C@H]2CN2C[C@@]3(CCCc4cc(Cl)ccc43)COc3ccc(cc32)C(=O)N[S+]1[O-]. The number of nitrogens with one attached hydrogen (secondary N) is 1. The lowest BCUT2D eigenvalue weighted by Gasteiger charge is -2.52. The fraction of sp³-hybridized carbons (Fsp3) is 0.643. The molecule has 3 aliphatic heterocycles. The summed E-state index contributed by atoms with van der Waals surface area (Å²) in [6, 6.07) is 12.6. The Morgan fingerprint density at radius 3 is 2.64 bits per heavy atom. The third-order valence-corrected chi connectivity index (χ3v) is 14.9. The van der Waals surface area contributed by atoms with Gasteiger partial charge in [0.25, 0.3) is 5.91 Å². The van der Waals surface area contributed by atoms with Crippen LogP contribution in [0.25, 0.3) is 0 Å². The molecule has 53 heavy (non-hydrogen) atoms. The topological polar surface area (TPSA) is 89.6 Å². The number of rotatable bonds is 6. The fourth-order valence-electron chi connectivity index (χ4n) is 9.80. The Labute approximate surface area is 325 Å². The van der Waals surface area contributed by atoms with Crippen LogP contribution < -0.4 is 14.4 Å². The summed E-state index contributed by atoms with van der Waals surface area (Å²) in [5.41, 5.74) is 3.33. The Hall–Kier alpha value is -2.31. The minimum absolute atomic E-state index is 0.00180. The van der Waals surface area contributed by atoms with E-state index in [1.54, 1.807) is 13.2 Å². The predicted molar refractivity (Wildman–Crippen MR) is 214 cm³/mol. The molecule has 1 amide bonds. The summed E-state index contributed by atoms with van der Waals surface area (Å²) in [5.74, 6) is 1.12. The highest BCUT2D eigenvalue weighted by Gasteiger charge is 2.50. The van der Waals surface area contributed by atoms with Gasteiger partial charge in [0.05, 0.1) is 30.3 Å². The molecule has 0 aromatic heterocycles. The molecule has 1 spiro atoms. The van der Waals surface area contributed by atoms with Gasteiger partial charge in [-0.25, -0.2) is 0 Å². The molecular formula is C42H59ClN4O5S. The molecule has 0 radical (unpaired) electrons. The van der Waals surface area contributed by atoms with Crippen molar-refractivity contribution >= 4 is 34.6 Å². The van der Waals surface area contributed by atoms with Gasteiger partial charge in [0.1, 0.15) is 11.4 Å². The highest BCUT2D eigenvalue weighted by atomic mass is 35.5. The van der Waals surface area contributed by atoms with Gasteiger partial charge < -0.3 is 23.7 Å². The number of nitrogens with zero attached hydrogens (tertiary/aromatic N) is 3. The molecule has 2 aromatic carbocycles. The summed E-state index contributed by atoms with van der Waals surface area (Å²) in [4.78, 5) is 21.4. The van der Waals surface area contributed by atoms with Gasteiger partial charge in [-0.15, -0.1) is 0 Å². The summed E-state index contributed by atoms with van der Waals surface area (Å²) in [7, 11) is 3.52. The molecule has 1 saturated heterocycles. The molecule has 2 aliphatic carbocycles. The average Bonchev–Trinajstić information content (AvgIpc) is 3.28. The minimum atomic E-state index is -1.66. The van der Waals surface area contributed by atoms with Crippen LogP contribution >= 0.6 is 11.6 Å². The van der Waals surface area contributed by atoms with Gasteiger partial charge in [-0.2, -0.15) is 4.72 Å². The Morgan fingerprint density at radius 2 is 1.92 bits per heavy atom. The van der Waals surface area contributed by atoms with Crippen LogP contribution in [0.5, 0.6) is 5.75 Å². The van der Waals surface area contributed by atoms with Crippen molar-refractivity contribution in [2.75, 3.05) is 78.1 Å². The number of hydrogen-bond acceptors (Lipinski definition) is 8. The monoisotopic (exact) mass is 766 g/mol. The number of amides is 1. The number of hydrogen-bond donors (Lipinski definition) is 1. The van der Waals surface area contributed by atoms with Crippen molar-refractivity contribution < 1.29 is 23.6 Å². The van der Waals surface area contributed by atoms with Crippen molar-refractivity contribution in [3.05, 3.63) is 70.3 Å². The molecule has 11 heteroatoms. The molecule has 290 valence electrons. The van der Waals surface area contributed by atoms with E-state index in [1.807, 2.05) is 25.3 Å². The van der Waals surface area contributed by atoms with Crippen molar-refractivity contribution in [1.82, 2.24) is 14.5 Å². The maximum absolute atomic E-state index is 13.8. The van der Waals surface area contributed by atoms with Crippen molar-refractivity contribution in [3.8, 4) is 5.75 Å². The van der Waals surface area contributed by atoms with Crippen molar-refractivity contribution in [1.29, 1.82) is 0 Å². The van der Waals surface area contributed by atoms with E-state index >= 15 is 0 Å². The standard InChI is InChI=1S/C42H59ClN4O5S/c1-29(2)46-20-18-45(19-21-46)27-42(51-5)17-6-8-30(3)39(25-50-4)53(49)44-40(48)32-11-15-38-37(23-32)47(24-33-10-13-36(33)42)26-41(28-52-38)16-7-9-31-22-34(43)12-14-35(31)41/h6,11-12,14-15,17,22-23,29-30,33,36,39H,7-10,13,16,18-21,24-28H2,1-5H3,(H,44,48)/b17-6+/t30-,33-,36?,39?,41-,42+,53?/m0/s1. The summed E-state index contributed by atoms with van der Waals surface area (Å²) < 4.78 is 35.7. The Balaban J connectivity index is 1.28. The number of benzene rings is 2. The first-order chi connectivity index (χ1) is 25.5. The van der Waals surface area contributed by atoms with Crippen LogP contribution in [0.2, 0.25) is 5.02 Å². The molecule has 2 aromatic rings. The van der Waals surface area contributed by atoms with Gasteiger partial charge in [-0.3, -0.25) is 14.6 Å². The summed E-state index contributed by atoms with van der Waals surface area (Å²) in [6.45, 7) is 14.1. The van der Waals surface area contributed by atoms with Gasteiger partial charge in [-0.05, 0) is 106 Å². The quantitative estimate of drug-likeness (QED) is 0.273. The third kappa shape index (κ3) is 8.02. The molecular weight excluding hydrogens is 708 g/mol. The van der Waals surface area contributed by atoms with Crippen molar-refractivity contribution in [2.24, 2.45) is 17.8 Å². The number of methoxy groups -OCH3 is 2. The zero-order valence-electron chi connectivity index (χ0n) is 32.3. The van der Waals surface area contributed by atoms with E-state index < -0.39 is 17.0 Å². The van der Waals surface area contributed by atoms with Gasteiger partial charge >= 0.3 is 0 Å². The van der Waals surface area contributed by atoms with E-state index in [0.29, 0.717) is 36.5 Å². The van der Waals surface area contributed by atoms with Crippen LogP contribution in [-0.2, 0) is 32.7 Å². The molecule has 3 heterocycles. The smallest absolute Gasteiger partial charge is 0.292 e. The third-order valence-electron chi connectivity index (χ3n) is 13.1. The van der Waals surface area contributed by atoms with Crippen LogP contribution in [0.15, 0.2) is 48.6 Å². The summed E-state index contributed by atoms with van der Waals surface area (Å²) >= 11 is 4.87. The average molecular weight is 767 g/mol. The molecule has 1 N–H and O–H groups in total. The highest BCUT2D eigenvalue weighted by molar-refractivity contribution is 7.90. The largest absolute Gasteiger partial charge is 0.593 e. The van der Waals surface area contributed by atoms with Gasteiger partial charge in [0, 0.05) is 88.0 Å². The number of carbonyl (C=O) groups excluding carboxylic acids is 1. The highest BCUT2D eigenvalue weighted by Crippen LogP contribution is 2.49. The first kappa shape index (κ1) is 38.9. The lowest BCUT2D eigenvalue weighted by atomic mass is 9.63. The first-order valence-electron chi connectivity index (χ1n) is 19.7. The van der Waals surface area contributed by atoms with Crippen LogP contribution in [-0.4, -0.2) is 110 Å². The van der Waals surface area contributed by atoms with E-state index in [2.05, 4.69) is 64.5 Å². The Kier molecular flexibility index (Phi) is 12.1. The van der Waals surface area contributed by atoms with Crippen LogP contribution in [0, 0.1) is 17.8 Å². The second-order valence-electron chi connectivity index (χ2n) is 16.6. The minimum Gasteiger partial charge on any atom is -0.593 e. The Bertz CT molecular complexity index is 1640. The molecule has 5 aliphatic rings. The summed E-state index contributed by atoms with van der Waals surface area (Å²) in [5, 5.41) is 0.394. The number of piperazine rings is 1. The number of aryl methyl sites for hydroxylation is 1. The normalized spacial score (nSPS) is 33.3. The van der Waals surface area contributed by atoms with E-state index in [4.69, 9.17) is 25.8 Å². The second-order valence-corrected chi connectivity index (χ2v) is 18.5. The molecule has 9 nitrogen and oxygen atoms in total. The number of carbonyl (C=O) groups is 1. The lowest BCUT2D eigenvalue weighted by Crippen LogP contribution is -2.59. The number of halogens is 1. The number of ether oxygens (including phenoxy) is 3. The second kappa shape index (κ2) is 16.4. The van der Waals surface area contributed by atoms with E-state index in [9.17, 15) is 9.35 Å². The maximum atomic E-state index is 13.8. The van der Waals surface area contributed by atoms with E-state index in [1.165, 1.54) is 11.1 Å². The maximum Gasteiger partial charge on any atom is 0.292 e. The zero-order chi connectivity index (χ0) is 37.3.